The van der Waals surface area contributed by atoms with Crippen molar-refractivity contribution >= 4 is 8.25 Å². The lowest BCUT2D eigenvalue weighted by atomic mass is 10.1. The van der Waals surface area contributed by atoms with Gasteiger partial charge in [-0.15, -0.1) is 9.05 Å². The Bertz CT molecular complexity index is 190. The zero-order valence-electron chi connectivity index (χ0n) is 13.6. The molecule has 3 nitrogen and oxygen atoms in total. The first-order valence-corrected chi connectivity index (χ1v) is 9.63. The van der Waals surface area contributed by atoms with Crippen molar-refractivity contribution in [3.63, 3.8) is 0 Å². The number of unbranched alkanes of at least 4 members (excludes halogenated alkanes) is 10. The van der Waals surface area contributed by atoms with E-state index in [1.165, 1.54) is 64.2 Å². The van der Waals surface area contributed by atoms with Crippen molar-refractivity contribution in [2.24, 2.45) is 0 Å². The van der Waals surface area contributed by atoms with Crippen molar-refractivity contribution in [1.82, 2.24) is 0 Å². The summed E-state index contributed by atoms with van der Waals surface area (Å²) in [4.78, 5) is 0. The Morgan fingerprint density at radius 2 is 0.952 bits per heavy atom. The topological polar surface area (TPSA) is 35.5 Å². The molecule has 0 aromatic heterocycles. The molecule has 128 valence electrons. The van der Waals surface area contributed by atoms with E-state index in [4.69, 9.17) is 9.05 Å². The molecule has 0 bridgehead atoms. The van der Waals surface area contributed by atoms with Gasteiger partial charge in [0, 0.05) is 4.57 Å². The van der Waals surface area contributed by atoms with Gasteiger partial charge in [-0.2, -0.15) is 0 Å². The fourth-order valence-electron chi connectivity index (χ4n) is 2.08. The average Bonchev–Trinajstić information content (AvgIpc) is 2.45. The third kappa shape index (κ3) is 20.0. The van der Waals surface area contributed by atoms with Crippen molar-refractivity contribution < 1.29 is 13.6 Å². The maximum Gasteiger partial charge on any atom is 0.697 e. The highest BCUT2D eigenvalue weighted by Gasteiger charge is 2.18. The summed E-state index contributed by atoms with van der Waals surface area (Å²) in [6, 6.07) is 0. The van der Waals surface area contributed by atoms with Crippen LogP contribution in [0.15, 0.2) is 0 Å². The first-order chi connectivity index (χ1) is 9.81. The summed E-state index contributed by atoms with van der Waals surface area (Å²) in [6.45, 7) is 5.57. The standard InChI is InChI=1S/C16H34O3P.CH4/c1-3-5-7-9-11-13-15-18-20(17)19-16-14-12-10-8-6-4-2;/h3-16H2,1-2H3;1H4/q+1;. The largest absolute Gasteiger partial charge is 0.697 e. The molecule has 0 rings (SSSR count). The molecule has 0 radical (unpaired) electrons. The molecule has 0 atom stereocenters. The first kappa shape index (κ1) is 23.3. The Morgan fingerprint density at radius 1 is 0.619 bits per heavy atom. The predicted molar refractivity (Wildman–Crippen MR) is 93.0 cm³/mol. The number of hydrogen-bond donors (Lipinski definition) is 0. The fourth-order valence-corrected chi connectivity index (χ4v) is 2.71. The minimum absolute atomic E-state index is 0. The van der Waals surface area contributed by atoms with Crippen molar-refractivity contribution in [3.05, 3.63) is 0 Å². The number of hydrogen-bond acceptors (Lipinski definition) is 3. The van der Waals surface area contributed by atoms with Crippen molar-refractivity contribution in [2.45, 2.75) is 98.3 Å². The molecule has 0 spiro atoms. The summed E-state index contributed by atoms with van der Waals surface area (Å²) in [5, 5.41) is 0. The second-order valence-electron chi connectivity index (χ2n) is 5.43. The average molecular weight is 321 g/mol. The molecule has 0 aliphatic rings. The van der Waals surface area contributed by atoms with E-state index in [2.05, 4.69) is 13.8 Å². The molecule has 0 unspecified atom stereocenters. The van der Waals surface area contributed by atoms with E-state index in [1.807, 2.05) is 0 Å². The third-order valence-electron chi connectivity index (χ3n) is 3.39. The molecule has 0 aromatic carbocycles. The molecule has 0 saturated heterocycles. The quantitative estimate of drug-likeness (QED) is 0.226. The number of rotatable bonds is 16. The van der Waals surface area contributed by atoms with Crippen LogP contribution in [0, 0.1) is 0 Å². The molecule has 0 heterocycles. The second kappa shape index (κ2) is 20.0. The Labute approximate surface area is 134 Å². The van der Waals surface area contributed by atoms with Gasteiger partial charge in [0.2, 0.25) is 0 Å². The van der Waals surface area contributed by atoms with E-state index >= 15 is 0 Å². The van der Waals surface area contributed by atoms with Gasteiger partial charge in [0.15, 0.2) is 0 Å². The van der Waals surface area contributed by atoms with Gasteiger partial charge in [-0.25, -0.2) is 0 Å². The van der Waals surface area contributed by atoms with Gasteiger partial charge in [-0.05, 0) is 12.8 Å². The van der Waals surface area contributed by atoms with Gasteiger partial charge < -0.3 is 0 Å². The van der Waals surface area contributed by atoms with E-state index < -0.39 is 8.25 Å². The molecule has 21 heavy (non-hydrogen) atoms. The van der Waals surface area contributed by atoms with Crippen LogP contribution in [0.2, 0.25) is 0 Å². The van der Waals surface area contributed by atoms with Crippen LogP contribution in [-0.2, 0) is 13.6 Å². The van der Waals surface area contributed by atoms with Gasteiger partial charge in [-0.3, -0.25) is 0 Å². The lowest BCUT2D eigenvalue weighted by Crippen LogP contribution is -1.92. The van der Waals surface area contributed by atoms with Crippen molar-refractivity contribution in [2.75, 3.05) is 13.2 Å². The van der Waals surface area contributed by atoms with Gasteiger partial charge >= 0.3 is 8.25 Å². The van der Waals surface area contributed by atoms with E-state index in [0.29, 0.717) is 13.2 Å². The summed E-state index contributed by atoms with van der Waals surface area (Å²) in [5.74, 6) is 0. The molecule has 0 amide bonds. The highest BCUT2D eigenvalue weighted by molar-refractivity contribution is 7.33. The van der Waals surface area contributed by atoms with Gasteiger partial charge in [0.1, 0.15) is 13.2 Å². The highest BCUT2D eigenvalue weighted by Crippen LogP contribution is 2.24. The highest BCUT2D eigenvalue weighted by atomic mass is 31.1. The molecular weight excluding hydrogens is 283 g/mol. The van der Waals surface area contributed by atoms with Crippen LogP contribution in [0.1, 0.15) is 98.3 Å². The van der Waals surface area contributed by atoms with Gasteiger partial charge in [0.25, 0.3) is 0 Å². The summed E-state index contributed by atoms with van der Waals surface area (Å²) in [6.07, 6.45) is 14.6. The first-order valence-electron chi connectivity index (χ1n) is 8.54. The van der Waals surface area contributed by atoms with E-state index in [1.54, 1.807) is 0 Å². The molecule has 0 saturated carbocycles. The summed E-state index contributed by atoms with van der Waals surface area (Å²) in [5.41, 5.74) is 0. The molecule has 0 fully saturated rings. The summed E-state index contributed by atoms with van der Waals surface area (Å²) < 4.78 is 21.8. The minimum Gasteiger partial charge on any atom is -0.119 e. The maximum absolute atomic E-state index is 11.4. The molecule has 0 aliphatic heterocycles. The van der Waals surface area contributed by atoms with Gasteiger partial charge in [-0.1, -0.05) is 85.5 Å². The van der Waals surface area contributed by atoms with Crippen LogP contribution in [-0.4, -0.2) is 13.2 Å². The predicted octanol–water partition coefficient (Wildman–Crippen LogP) is 7.03. The lowest BCUT2D eigenvalue weighted by molar-refractivity contribution is 0.218. The lowest BCUT2D eigenvalue weighted by Gasteiger charge is -1.98. The zero-order chi connectivity index (χ0) is 14.9. The Balaban J connectivity index is 0. The van der Waals surface area contributed by atoms with E-state index in [0.717, 1.165) is 12.8 Å². The zero-order valence-corrected chi connectivity index (χ0v) is 14.5. The minimum atomic E-state index is -1.89. The summed E-state index contributed by atoms with van der Waals surface area (Å²) in [7, 11) is -1.89. The SMILES string of the molecule is C.CCCCCCCCO[P+](=O)OCCCCCCCC. The Kier molecular flexibility index (Phi) is 22.2. The fraction of sp³-hybridized carbons (Fsp3) is 1.00. The third-order valence-corrected chi connectivity index (χ3v) is 4.18. The Morgan fingerprint density at radius 3 is 1.33 bits per heavy atom. The molecule has 0 aliphatic carbocycles. The van der Waals surface area contributed by atoms with Crippen LogP contribution in [0.25, 0.3) is 0 Å². The van der Waals surface area contributed by atoms with E-state index in [-0.39, 0.29) is 7.43 Å². The summed E-state index contributed by atoms with van der Waals surface area (Å²) >= 11 is 0. The molecule has 0 aromatic rings. The van der Waals surface area contributed by atoms with Crippen LogP contribution in [0.5, 0.6) is 0 Å². The molecular formula is C17H38O3P+. The Hall–Kier alpha value is 0.0200. The van der Waals surface area contributed by atoms with Gasteiger partial charge in [0.05, 0.1) is 0 Å². The molecule has 0 N–H and O–H groups in total. The van der Waals surface area contributed by atoms with Crippen LogP contribution < -0.4 is 0 Å². The van der Waals surface area contributed by atoms with Crippen molar-refractivity contribution in [1.29, 1.82) is 0 Å². The molecule has 4 heteroatoms. The van der Waals surface area contributed by atoms with Crippen molar-refractivity contribution in [3.8, 4) is 0 Å². The van der Waals surface area contributed by atoms with Crippen LogP contribution >= 0.6 is 8.25 Å². The van der Waals surface area contributed by atoms with E-state index in [9.17, 15) is 4.57 Å². The van der Waals surface area contributed by atoms with Crippen LogP contribution in [0.3, 0.4) is 0 Å². The smallest absolute Gasteiger partial charge is 0.119 e. The monoisotopic (exact) mass is 321 g/mol. The van der Waals surface area contributed by atoms with Crippen LogP contribution in [0.4, 0.5) is 0 Å². The second-order valence-corrected chi connectivity index (χ2v) is 6.39. The maximum atomic E-state index is 11.4. The normalized spacial score (nSPS) is 10.4.